The van der Waals surface area contributed by atoms with Crippen LogP contribution in [-0.2, 0) is 11.2 Å². The molecule has 1 spiro atoms. The molecule has 0 amide bonds. The number of aryl methyl sites for hydroxylation is 1. The molecule has 2 aliphatic carbocycles. The summed E-state index contributed by atoms with van der Waals surface area (Å²) < 4.78 is 6.00. The van der Waals surface area contributed by atoms with Crippen molar-refractivity contribution in [3.05, 3.63) is 35.9 Å². The molecule has 1 heterocycles. The van der Waals surface area contributed by atoms with E-state index in [9.17, 15) is 0 Å². The first-order valence-corrected chi connectivity index (χ1v) is 9.46. The number of nitrogens with zero attached hydrogens (tertiary/aromatic N) is 1. The van der Waals surface area contributed by atoms with Crippen LogP contribution in [0.5, 0.6) is 0 Å². The largest absolute Gasteiger partial charge is 0.377 e. The maximum Gasteiger partial charge on any atom is 0.191 e. The van der Waals surface area contributed by atoms with Gasteiger partial charge in [-0.15, -0.1) is 24.0 Å². The molecule has 1 aromatic carbocycles. The minimum absolute atomic E-state index is 0. The lowest BCUT2D eigenvalue weighted by atomic mass is 9.46. The summed E-state index contributed by atoms with van der Waals surface area (Å²) in [6.07, 6.45) is 7.93. The molecule has 5 heteroatoms. The molecule has 3 aliphatic rings. The molecular weight excluding hydrogens is 425 g/mol. The second kappa shape index (κ2) is 8.25. The van der Waals surface area contributed by atoms with Crippen molar-refractivity contribution >= 4 is 29.9 Å². The molecule has 3 unspecified atom stereocenters. The third-order valence-corrected chi connectivity index (χ3v) is 6.33. The molecule has 4 rings (SSSR count). The highest BCUT2D eigenvalue weighted by molar-refractivity contribution is 14.0. The fourth-order valence-corrected chi connectivity index (χ4v) is 4.94. The zero-order valence-electron chi connectivity index (χ0n) is 15.0. The summed E-state index contributed by atoms with van der Waals surface area (Å²) in [5.74, 6) is 1.65. The van der Waals surface area contributed by atoms with Crippen LogP contribution in [0.15, 0.2) is 35.3 Å². The summed E-state index contributed by atoms with van der Waals surface area (Å²) in [4.78, 5) is 4.45. The lowest BCUT2D eigenvalue weighted by Crippen LogP contribution is -2.72. The van der Waals surface area contributed by atoms with E-state index in [1.165, 1.54) is 31.2 Å². The number of fused-ring (bicyclic) bond motifs is 2. The van der Waals surface area contributed by atoms with Gasteiger partial charge in [0.2, 0.25) is 0 Å². The summed E-state index contributed by atoms with van der Waals surface area (Å²) >= 11 is 0. The van der Waals surface area contributed by atoms with E-state index < -0.39 is 0 Å². The Morgan fingerprint density at radius 1 is 1.28 bits per heavy atom. The Hall–Kier alpha value is -0.820. The maximum absolute atomic E-state index is 6.00. The van der Waals surface area contributed by atoms with Gasteiger partial charge in [0.1, 0.15) is 0 Å². The van der Waals surface area contributed by atoms with E-state index in [4.69, 9.17) is 4.74 Å². The van der Waals surface area contributed by atoms with Gasteiger partial charge < -0.3 is 15.4 Å². The van der Waals surface area contributed by atoms with Gasteiger partial charge >= 0.3 is 0 Å². The predicted molar refractivity (Wildman–Crippen MR) is 113 cm³/mol. The SMILES string of the molecule is CN=C(NCCCc1ccccc1)NC1C2CCOC2C12CCC2.I. The Morgan fingerprint density at radius 2 is 2.08 bits per heavy atom. The van der Waals surface area contributed by atoms with Gasteiger partial charge in [-0.3, -0.25) is 4.99 Å². The maximum atomic E-state index is 6.00. The lowest BCUT2D eigenvalue weighted by molar-refractivity contribution is -0.171. The summed E-state index contributed by atoms with van der Waals surface area (Å²) in [7, 11) is 1.88. The fraction of sp³-hybridized carbons (Fsp3) is 0.650. The van der Waals surface area contributed by atoms with Gasteiger partial charge in [0.05, 0.1) is 6.10 Å². The second-order valence-electron chi connectivity index (χ2n) is 7.54. The quantitative estimate of drug-likeness (QED) is 0.310. The van der Waals surface area contributed by atoms with Crippen LogP contribution in [0.1, 0.15) is 37.7 Å². The van der Waals surface area contributed by atoms with Crippen molar-refractivity contribution in [2.24, 2.45) is 16.3 Å². The highest BCUT2D eigenvalue weighted by atomic mass is 127. The zero-order chi connectivity index (χ0) is 16.4. The van der Waals surface area contributed by atoms with Crippen molar-refractivity contribution in [2.45, 2.75) is 50.7 Å². The van der Waals surface area contributed by atoms with Crippen molar-refractivity contribution in [3.8, 4) is 0 Å². The van der Waals surface area contributed by atoms with Gasteiger partial charge in [0.25, 0.3) is 0 Å². The minimum atomic E-state index is 0. The third kappa shape index (κ3) is 3.54. The topological polar surface area (TPSA) is 45.7 Å². The Labute approximate surface area is 168 Å². The van der Waals surface area contributed by atoms with E-state index >= 15 is 0 Å². The second-order valence-corrected chi connectivity index (χ2v) is 7.54. The van der Waals surface area contributed by atoms with Gasteiger partial charge in [-0.1, -0.05) is 36.8 Å². The summed E-state index contributed by atoms with van der Waals surface area (Å²) in [6.45, 7) is 1.90. The van der Waals surface area contributed by atoms with Crippen molar-refractivity contribution in [2.75, 3.05) is 20.2 Å². The van der Waals surface area contributed by atoms with Crippen LogP contribution < -0.4 is 10.6 Å². The Bertz CT molecular complexity index is 588. The summed E-state index contributed by atoms with van der Waals surface area (Å²) in [5.41, 5.74) is 1.81. The van der Waals surface area contributed by atoms with Crippen LogP contribution in [0.4, 0.5) is 0 Å². The molecule has 25 heavy (non-hydrogen) atoms. The van der Waals surface area contributed by atoms with Crippen molar-refractivity contribution in [3.63, 3.8) is 0 Å². The highest BCUT2D eigenvalue weighted by Crippen LogP contribution is 2.62. The fourth-order valence-electron chi connectivity index (χ4n) is 4.94. The first-order valence-electron chi connectivity index (χ1n) is 9.46. The van der Waals surface area contributed by atoms with Crippen LogP contribution >= 0.6 is 24.0 Å². The van der Waals surface area contributed by atoms with Gasteiger partial charge in [0.15, 0.2) is 5.96 Å². The number of ether oxygens (including phenoxy) is 1. The minimum Gasteiger partial charge on any atom is -0.377 e. The van der Waals surface area contributed by atoms with E-state index in [0.717, 1.165) is 32.0 Å². The predicted octanol–water partition coefficient (Wildman–Crippen LogP) is 3.36. The average Bonchev–Trinajstić information content (AvgIpc) is 2.99. The molecular formula is C20H30IN3O. The summed E-state index contributed by atoms with van der Waals surface area (Å²) in [5, 5.41) is 7.23. The molecule has 1 saturated heterocycles. The van der Waals surface area contributed by atoms with E-state index in [1.54, 1.807) is 0 Å². The molecule has 4 nitrogen and oxygen atoms in total. The Kier molecular flexibility index (Phi) is 6.25. The highest BCUT2D eigenvalue weighted by Gasteiger charge is 2.66. The van der Waals surface area contributed by atoms with E-state index in [0.29, 0.717) is 23.5 Å². The molecule has 3 fully saturated rings. The molecule has 0 radical (unpaired) electrons. The standard InChI is InChI=1S/C20H29N3O.HI/c1-21-19(22-13-5-9-15-7-3-2-4-8-15)23-17-16-10-14-24-18(16)20(17)11-6-12-20;/h2-4,7-8,16-18H,5-6,9-14H2,1H3,(H2,21,22,23);1H. The Morgan fingerprint density at radius 3 is 2.76 bits per heavy atom. The van der Waals surface area contributed by atoms with Crippen molar-refractivity contribution < 1.29 is 4.74 Å². The molecule has 0 aromatic heterocycles. The molecule has 0 bridgehead atoms. The third-order valence-electron chi connectivity index (χ3n) is 6.33. The summed E-state index contributed by atoms with van der Waals surface area (Å²) in [6, 6.07) is 11.2. The van der Waals surface area contributed by atoms with Crippen molar-refractivity contribution in [1.29, 1.82) is 0 Å². The van der Waals surface area contributed by atoms with Gasteiger partial charge in [-0.05, 0) is 37.7 Å². The van der Waals surface area contributed by atoms with Gasteiger partial charge in [-0.25, -0.2) is 0 Å². The smallest absolute Gasteiger partial charge is 0.191 e. The molecule has 2 saturated carbocycles. The first kappa shape index (κ1) is 19.0. The number of nitrogens with one attached hydrogen (secondary N) is 2. The number of hydrogen-bond acceptors (Lipinski definition) is 2. The monoisotopic (exact) mass is 455 g/mol. The molecule has 1 aromatic rings. The van der Waals surface area contributed by atoms with Crippen molar-refractivity contribution in [1.82, 2.24) is 10.6 Å². The zero-order valence-corrected chi connectivity index (χ0v) is 17.4. The van der Waals surface area contributed by atoms with Crippen LogP contribution in [0.3, 0.4) is 0 Å². The number of rotatable bonds is 5. The Balaban J connectivity index is 0.00000182. The normalized spacial score (nSPS) is 29.2. The van der Waals surface area contributed by atoms with Gasteiger partial charge in [-0.2, -0.15) is 0 Å². The van der Waals surface area contributed by atoms with Crippen LogP contribution in [0, 0.1) is 11.3 Å². The number of aliphatic imine (C=N–C) groups is 1. The van der Waals surface area contributed by atoms with Crippen LogP contribution in [0.25, 0.3) is 0 Å². The van der Waals surface area contributed by atoms with Gasteiger partial charge in [0, 0.05) is 37.6 Å². The average molecular weight is 455 g/mol. The van der Waals surface area contributed by atoms with Crippen LogP contribution in [0.2, 0.25) is 0 Å². The number of halogens is 1. The number of hydrogen-bond donors (Lipinski definition) is 2. The molecule has 3 atom stereocenters. The van der Waals surface area contributed by atoms with E-state index in [-0.39, 0.29) is 24.0 Å². The van der Waals surface area contributed by atoms with E-state index in [2.05, 4.69) is 46.0 Å². The molecule has 138 valence electrons. The number of benzene rings is 1. The number of guanidine groups is 1. The molecule has 2 N–H and O–H groups in total. The van der Waals surface area contributed by atoms with Crippen LogP contribution in [-0.4, -0.2) is 38.3 Å². The molecule has 1 aliphatic heterocycles. The van der Waals surface area contributed by atoms with E-state index in [1.807, 2.05) is 7.05 Å². The lowest BCUT2D eigenvalue weighted by Gasteiger charge is -2.63. The first-order chi connectivity index (χ1) is 11.8.